The molecular weight excluding hydrogens is 580 g/mol. The van der Waals surface area contributed by atoms with Gasteiger partial charge >= 0.3 is 0 Å². The van der Waals surface area contributed by atoms with Crippen molar-refractivity contribution in [1.82, 2.24) is 10.6 Å². The summed E-state index contributed by atoms with van der Waals surface area (Å²) in [4.78, 5) is 29.0. The number of carbonyl (C=O) groups excluding carboxylic acids is 2. The molecule has 1 aliphatic heterocycles. The zero-order chi connectivity index (χ0) is 31.9. The summed E-state index contributed by atoms with van der Waals surface area (Å²) in [7, 11) is -2.48. The molecule has 236 valence electrons. The van der Waals surface area contributed by atoms with E-state index in [4.69, 9.17) is 5.11 Å². The highest BCUT2D eigenvalue weighted by atomic mass is 32.2. The van der Waals surface area contributed by atoms with E-state index in [9.17, 15) is 23.1 Å². The Morgan fingerprint density at radius 2 is 1.84 bits per heavy atom. The van der Waals surface area contributed by atoms with Crippen molar-refractivity contribution in [2.45, 2.75) is 64.1 Å². The molecule has 0 unspecified atom stereocenters. The normalized spacial score (nSPS) is 17.7. The summed E-state index contributed by atoms with van der Waals surface area (Å²) in [5, 5.41) is 28.1. The Hall–Kier alpha value is -3.77. The van der Waals surface area contributed by atoms with Crippen LogP contribution in [0.4, 0.5) is 11.4 Å². The minimum atomic E-state index is -2.48. The molecule has 2 aliphatic rings. The van der Waals surface area contributed by atoms with Gasteiger partial charge in [-0.3, -0.25) is 9.59 Å². The quantitative estimate of drug-likeness (QED) is 0.227. The third-order valence-corrected chi connectivity index (χ3v) is 8.60. The lowest BCUT2D eigenvalue weighted by atomic mass is 9.91. The zero-order valence-corrected chi connectivity index (χ0v) is 26.3. The number of amides is 2. The summed E-state index contributed by atoms with van der Waals surface area (Å²) >= 11 is 0. The summed E-state index contributed by atoms with van der Waals surface area (Å²) in [5.74, 6) is -0.575. The van der Waals surface area contributed by atoms with Crippen molar-refractivity contribution in [1.29, 1.82) is 0 Å². The average molecular weight is 623 g/mol. The number of β-amino-alcohol motifs (C(OH)–C–C–N with tert-alkyl or cyclic N) is 1. The second kappa shape index (κ2) is 14.8. The topological polar surface area (TPSA) is 148 Å². The van der Waals surface area contributed by atoms with E-state index >= 15 is 0 Å². The molecule has 2 amide bonds. The number of allylic oxidation sites excluding steroid dienone is 3. The first-order valence-corrected chi connectivity index (χ1v) is 16.0. The highest BCUT2D eigenvalue weighted by molar-refractivity contribution is 7.74. The molecule has 11 heteroatoms. The van der Waals surface area contributed by atoms with Crippen LogP contribution in [0.2, 0.25) is 0 Å². The van der Waals surface area contributed by atoms with Crippen LogP contribution < -0.4 is 20.9 Å². The standard InChI is InChI=1S/C33H42N4O6S/c1-4-34-27-11-7-6-10-25(27)26-15-13-22(17-30(26)44(42)43)20-37-29-12-8-5-9-23(29)14-16-28(32(37)41)36-31(40)18-33(2,3)35-19-24(39)21-38/h5-13,15,24,28,34-35,38-39H,4,14,16-21H2,1-3H3,(H,36,40)/t24-,28+/m0/s1. The number of hydrogen-bond donors (Lipinski definition) is 5. The van der Waals surface area contributed by atoms with Gasteiger partial charge in [0.15, 0.2) is 0 Å². The summed E-state index contributed by atoms with van der Waals surface area (Å²) in [5.41, 5.74) is 4.06. The highest BCUT2D eigenvalue weighted by Gasteiger charge is 2.33. The van der Waals surface area contributed by atoms with Gasteiger partial charge in [-0.2, -0.15) is 8.42 Å². The lowest BCUT2D eigenvalue weighted by Gasteiger charge is -2.30. The van der Waals surface area contributed by atoms with Crippen molar-refractivity contribution >= 4 is 43.9 Å². The first-order chi connectivity index (χ1) is 21.0. The summed E-state index contributed by atoms with van der Waals surface area (Å²) in [6, 6.07) is 14.4. The van der Waals surface area contributed by atoms with Crippen molar-refractivity contribution in [3.05, 3.63) is 77.4 Å². The third-order valence-electron chi connectivity index (χ3n) is 7.83. The summed E-state index contributed by atoms with van der Waals surface area (Å²) < 4.78 is 24.9. The van der Waals surface area contributed by atoms with Gasteiger partial charge in [0.2, 0.25) is 22.1 Å². The van der Waals surface area contributed by atoms with Crippen molar-refractivity contribution < 1.29 is 28.2 Å². The lowest BCUT2D eigenvalue weighted by molar-refractivity contribution is -0.128. The molecule has 0 bridgehead atoms. The molecule has 10 nitrogen and oxygen atoms in total. The molecule has 0 saturated carbocycles. The Morgan fingerprint density at radius 1 is 1.11 bits per heavy atom. The molecule has 2 aromatic carbocycles. The van der Waals surface area contributed by atoms with Crippen LogP contribution in [0.3, 0.4) is 0 Å². The Kier molecular flexibility index (Phi) is 11.1. The number of nitrogens with one attached hydrogen (secondary N) is 3. The molecule has 0 spiro atoms. The molecule has 0 saturated heterocycles. The predicted octanol–water partition coefficient (Wildman–Crippen LogP) is 2.46. The fraction of sp³-hybridized carbons (Fsp3) is 0.424. The van der Waals surface area contributed by atoms with Crippen molar-refractivity contribution in [2.75, 3.05) is 36.5 Å². The van der Waals surface area contributed by atoms with Crippen LogP contribution in [0, 0.1) is 0 Å². The maximum Gasteiger partial charge on any atom is 0.249 e. The number of aryl methyl sites for hydroxylation is 1. The minimum Gasteiger partial charge on any atom is -0.394 e. The Labute approximate surface area is 260 Å². The molecule has 1 aliphatic carbocycles. The number of rotatable bonds is 12. The third kappa shape index (κ3) is 8.23. The number of anilines is 2. The number of benzene rings is 2. The monoisotopic (exact) mass is 622 g/mol. The molecule has 4 rings (SSSR count). The first kappa shape index (κ1) is 33.1. The number of para-hydroxylation sites is 2. The number of aliphatic hydroxyl groups excluding tert-OH is 2. The van der Waals surface area contributed by atoms with Crippen molar-refractivity contribution in [3.63, 3.8) is 0 Å². The number of fused-ring (bicyclic) bond motifs is 1. The molecule has 2 atom stereocenters. The maximum absolute atomic E-state index is 14.0. The van der Waals surface area contributed by atoms with Gasteiger partial charge in [-0.25, -0.2) is 0 Å². The van der Waals surface area contributed by atoms with E-state index in [1.165, 1.54) is 0 Å². The van der Waals surface area contributed by atoms with Crippen LogP contribution in [-0.2, 0) is 26.3 Å². The van der Waals surface area contributed by atoms with Crippen LogP contribution in [0.5, 0.6) is 0 Å². The fourth-order valence-electron chi connectivity index (χ4n) is 5.60. The van der Waals surface area contributed by atoms with Crippen LogP contribution >= 0.6 is 0 Å². The van der Waals surface area contributed by atoms with E-state index in [1.54, 1.807) is 11.0 Å². The Bertz CT molecular complexity index is 1570. The minimum absolute atomic E-state index is 0.0581. The van der Waals surface area contributed by atoms with E-state index in [1.807, 2.05) is 75.4 Å². The smallest absolute Gasteiger partial charge is 0.249 e. The fourth-order valence-corrected chi connectivity index (χ4v) is 6.26. The van der Waals surface area contributed by atoms with Gasteiger partial charge in [-0.05, 0) is 56.9 Å². The van der Waals surface area contributed by atoms with Gasteiger partial charge in [0.05, 0.1) is 17.6 Å². The molecule has 0 radical (unpaired) electrons. The molecule has 0 aromatic heterocycles. The average Bonchev–Trinajstić information content (AvgIpc) is 3.12. The zero-order valence-electron chi connectivity index (χ0n) is 25.5. The van der Waals surface area contributed by atoms with E-state index in [0.29, 0.717) is 25.0 Å². The molecule has 1 heterocycles. The van der Waals surface area contributed by atoms with Crippen LogP contribution in [-0.4, -0.2) is 79.2 Å². The van der Waals surface area contributed by atoms with Gasteiger partial charge in [-0.15, -0.1) is 0 Å². The Balaban J connectivity index is 1.59. The van der Waals surface area contributed by atoms with Crippen LogP contribution in [0.25, 0.3) is 5.57 Å². The van der Waals surface area contributed by atoms with Gasteiger partial charge < -0.3 is 31.1 Å². The number of carbonyl (C=O) groups is 2. The summed E-state index contributed by atoms with van der Waals surface area (Å²) in [6.07, 6.45) is 3.97. The first-order valence-electron chi connectivity index (χ1n) is 14.9. The molecule has 2 aromatic rings. The lowest BCUT2D eigenvalue weighted by Crippen LogP contribution is -2.52. The van der Waals surface area contributed by atoms with E-state index in [0.717, 1.165) is 28.1 Å². The molecular formula is C33H42N4O6S. The van der Waals surface area contributed by atoms with Crippen molar-refractivity contribution in [2.24, 2.45) is 0 Å². The van der Waals surface area contributed by atoms with Gasteiger partial charge in [0, 0.05) is 60.5 Å². The van der Waals surface area contributed by atoms with Crippen LogP contribution in [0.15, 0.2) is 66.3 Å². The highest BCUT2D eigenvalue weighted by Crippen LogP contribution is 2.33. The number of aliphatic hydroxyl groups is 2. The van der Waals surface area contributed by atoms with E-state index in [-0.39, 0.29) is 49.2 Å². The predicted molar refractivity (Wildman–Crippen MR) is 174 cm³/mol. The van der Waals surface area contributed by atoms with Crippen molar-refractivity contribution in [3.8, 4) is 0 Å². The number of nitrogens with zero attached hydrogens (tertiary/aromatic N) is 1. The molecule has 0 fully saturated rings. The molecule has 44 heavy (non-hydrogen) atoms. The maximum atomic E-state index is 14.0. The van der Waals surface area contributed by atoms with Gasteiger partial charge in [0.25, 0.3) is 0 Å². The van der Waals surface area contributed by atoms with Gasteiger partial charge in [0.1, 0.15) is 6.04 Å². The second-order valence-electron chi connectivity index (χ2n) is 11.8. The van der Waals surface area contributed by atoms with E-state index < -0.39 is 28.0 Å². The van der Waals surface area contributed by atoms with Gasteiger partial charge in [-0.1, -0.05) is 48.6 Å². The number of hydrogen-bond acceptors (Lipinski definition) is 8. The van der Waals surface area contributed by atoms with E-state index in [2.05, 4.69) is 16.0 Å². The SMILES string of the molecule is CCNc1ccccc1C1=CC=C(CN2C(=O)[C@H](NC(=O)CC(C)(C)NC[C@H](O)CO)CCc3ccccc32)CC1=S(=O)=O. The largest absolute Gasteiger partial charge is 0.394 e. The summed E-state index contributed by atoms with van der Waals surface area (Å²) in [6.45, 7) is 6.22. The molecule has 5 N–H and O–H groups in total. The second-order valence-corrected chi connectivity index (χ2v) is 12.8. The Morgan fingerprint density at radius 3 is 2.57 bits per heavy atom. The van der Waals surface area contributed by atoms with Crippen LogP contribution in [0.1, 0.15) is 51.2 Å².